The SMILES string of the molecule is CC/C=C/C1CCCCC1CCCCC1CCC(CCCC)CC1. The Labute approximate surface area is 152 Å². The first-order valence-electron chi connectivity index (χ1n) is 11.5. The van der Waals surface area contributed by atoms with Crippen LogP contribution in [0.2, 0.25) is 0 Å². The fourth-order valence-corrected chi connectivity index (χ4v) is 5.30. The maximum absolute atomic E-state index is 2.56. The number of allylic oxidation sites excluding steroid dienone is 2. The van der Waals surface area contributed by atoms with Gasteiger partial charge in [-0.05, 0) is 49.4 Å². The summed E-state index contributed by atoms with van der Waals surface area (Å²) in [5.41, 5.74) is 0. The van der Waals surface area contributed by atoms with Gasteiger partial charge in [-0.25, -0.2) is 0 Å². The molecule has 0 aliphatic heterocycles. The second-order valence-corrected chi connectivity index (χ2v) is 8.86. The lowest BCUT2D eigenvalue weighted by Gasteiger charge is -2.30. The Bertz CT molecular complexity index is 321. The average molecular weight is 333 g/mol. The Balaban J connectivity index is 1.56. The van der Waals surface area contributed by atoms with E-state index in [4.69, 9.17) is 0 Å². The molecule has 0 amide bonds. The van der Waals surface area contributed by atoms with E-state index in [-0.39, 0.29) is 0 Å². The molecule has 0 nitrogen and oxygen atoms in total. The Morgan fingerprint density at radius 1 is 0.708 bits per heavy atom. The predicted molar refractivity (Wildman–Crippen MR) is 108 cm³/mol. The molecule has 2 atom stereocenters. The van der Waals surface area contributed by atoms with Crippen LogP contribution in [0.3, 0.4) is 0 Å². The molecule has 2 saturated carbocycles. The molecule has 0 radical (unpaired) electrons. The Morgan fingerprint density at radius 3 is 2.00 bits per heavy atom. The minimum atomic E-state index is 0.910. The van der Waals surface area contributed by atoms with Gasteiger partial charge in [0.2, 0.25) is 0 Å². The minimum Gasteiger partial charge on any atom is -0.0885 e. The molecule has 0 bridgehead atoms. The molecule has 2 unspecified atom stereocenters. The Hall–Kier alpha value is -0.260. The quantitative estimate of drug-likeness (QED) is 0.278. The van der Waals surface area contributed by atoms with E-state index in [9.17, 15) is 0 Å². The molecule has 2 rings (SSSR count). The van der Waals surface area contributed by atoms with E-state index in [1.54, 1.807) is 12.8 Å². The molecule has 2 aliphatic rings. The van der Waals surface area contributed by atoms with Gasteiger partial charge in [-0.2, -0.15) is 0 Å². The lowest BCUT2D eigenvalue weighted by atomic mass is 9.75. The number of hydrogen-bond donors (Lipinski definition) is 0. The van der Waals surface area contributed by atoms with E-state index < -0.39 is 0 Å². The van der Waals surface area contributed by atoms with Crippen molar-refractivity contribution in [1.29, 1.82) is 0 Å². The zero-order chi connectivity index (χ0) is 17.0. The normalized spacial score (nSPS) is 31.6. The molecule has 0 spiro atoms. The fraction of sp³-hybridized carbons (Fsp3) is 0.917. The van der Waals surface area contributed by atoms with Crippen molar-refractivity contribution < 1.29 is 0 Å². The van der Waals surface area contributed by atoms with Crippen LogP contribution in [-0.2, 0) is 0 Å². The lowest BCUT2D eigenvalue weighted by Crippen LogP contribution is -2.18. The van der Waals surface area contributed by atoms with E-state index in [0.717, 1.165) is 23.7 Å². The van der Waals surface area contributed by atoms with Crippen LogP contribution >= 0.6 is 0 Å². The van der Waals surface area contributed by atoms with Gasteiger partial charge in [0.15, 0.2) is 0 Å². The summed E-state index contributed by atoms with van der Waals surface area (Å²) in [6.07, 6.45) is 28.7. The third-order valence-corrected chi connectivity index (χ3v) is 6.96. The van der Waals surface area contributed by atoms with Gasteiger partial charge in [0.1, 0.15) is 0 Å². The summed E-state index contributed by atoms with van der Waals surface area (Å²) in [7, 11) is 0. The predicted octanol–water partition coefficient (Wildman–Crippen LogP) is 8.32. The van der Waals surface area contributed by atoms with Gasteiger partial charge in [0.05, 0.1) is 0 Å². The molecular weight excluding hydrogens is 288 g/mol. The third kappa shape index (κ3) is 7.32. The Morgan fingerprint density at radius 2 is 1.33 bits per heavy atom. The molecule has 0 N–H and O–H groups in total. The number of unbranched alkanes of at least 4 members (excludes halogenated alkanes) is 2. The van der Waals surface area contributed by atoms with Crippen LogP contribution in [0.5, 0.6) is 0 Å². The van der Waals surface area contributed by atoms with Crippen LogP contribution in [0.1, 0.15) is 117 Å². The van der Waals surface area contributed by atoms with Crippen molar-refractivity contribution in [3.05, 3.63) is 12.2 Å². The van der Waals surface area contributed by atoms with E-state index in [2.05, 4.69) is 26.0 Å². The van der Waals surface area contributed by atoms with Crippen LogP contribution in [0, 0.1) is 23.7 Å². The standard InChI is InChI=1S/C24H44/c1-3-5-11-21-17-19-22(20-18-21)12-7-8-14-24-16-10-9-15-23(24)13-6-4-2/h6,13,21-24H,3-5,7-12,14-20H2,1-2H3/b13-6+. The summed E-state index contributed by atoms with van der Waals surface area (Å²) in [4.78, 5) is 0. The molecule has 2 aliphatic carbocycles. The molecule has 0 heterocycles. The van der Waals surface area contributed by atoms with Crippen molar-refractivity contribution in [2.24, 2.45) is 23.7 Å². The number of rotatable bonds is 10. The van der Waals surface area contributed by atoms with Crippen molar-refractivity contribution in [1.82, 2.24) is 0 Å². The highest BCUT2D eigenvalue weighted by molar-refractivity contribution is 4.93. The van der Waals surface area contributed by atoms with Crippen LogP contribution in [0.15, 0.2) is 12.2 Å². The van der Waals surface area contributed by atoms with Crippen molar-refractivity contribution in [2.75, 3.05) is 0 Å². The number of hydrogen-bond acceptors (Lipinski definition) is 0. The van der Waals surface area contributed by atoms with Crippen LogP contribution in [0.4, 0.5) is 0 Å². The average Bonchev–Trinajstić information content (AvgIpc) is 2.63. The van der Waals surface area contributed by atoms with Crippen molar-refractivity contribution >= 4 is 0 Å². The molecule has 0 saturated heterocycles. The first kappa shape index (κ1) is 20.1. The van der Waals surface area contributed by atoms with E-state index in [1.807, 2.05) is 0 Å². The zero-order valence-corrected chi connectivity index (χ0v) is 16.8. The summed E-state index contributed by atoms with van der Waals surface area (Å²) >= 11 is 0. The first-order valence-corrected chi connectivity index (χ1v) is 11.5. The monoisotopic (exact) mass is 332 g/mol. The third-order valence-electron chi connectivity index (χ3n) is 6.96. The van der Waals surface area contributed by atoms with Gasteiger partial charge in [0.25, 0.3) is 0 Å². The molecule has 0 heteroatoms. The van der Waals surface area contributed by atoms with Gasteiger partial charge in [-0.3, -0.25) is 0 Å². The highest BCUT2D eigenvalue weighted by Gasteiger charge is 2.23. The molecular formula is C24H44. The van der Waals surface area contributed by atoms with E-state index in [1.165, 1.54) is 89.9 Å². The van der Waals surface area contributed by atoms with Crippen LogP contribution in [0.25, 0.3) is 0 Å². The molecule has 0 aromatic carbocycles. The van der Waals surface area contributed by atoms with Crippen LogP contribution < -0.4 is 0 Å². The second kappa shape index (κ2) is 12.2. The molecule has 0 aromatic rings. The lowest BCUT2D eigenvalue weighted by molar-refractivity contribution is 0.234. The summed E-state index contributed by atoms with van der Waals surface area (Å²) < 4.78 is 0. The van der Waals surface area contributed by atoms with Crippen molar-refractivity contribution in [2.45, 2.75) is 117 Å². The van der Waals surface area contributed by atoms with Gasteiger partial charge in [0, 0.05) is 0 Å². The van der Waals surface area contributed by atoms with Crippen molar-refractivity contribution in [3.8, 4) is 0 Å². The van der Waals surface area contributed by atoms with E-state index >= 15 is 0 Å². The maximum atomic E-state index is 2.56. The maximum Gasteiger partial charge on any atom is -0.0205 e. The summed E-state index contributed by atoms with van der Waals surface area (Å²) in [5, 5.41) is 0. The molecule has 140 valence electrons. The minimum absolute atomic E-state index is 0.910. The molecule has 24 heavy (non-hydrogen) atoms. The van der Waals surface area contributed by atoms with Gasteiger partial charge in [-0.1, -0.05) is 103 Å². The van der Waals surface area contributed by atoms with Gasteiger partial charge in [-0.15, -0.1) is 0 Å². The highest BCUT2D eigenvalue weighted by Crippen LogP contribution is 2.37. The largest absolute Gasteiger partial charge is 0.0885 e. The highest BCUT2D eigenvalue weighted by atomic mass is 14.3. The van der Waals surface area contributed by atoms with Crippen LogP contribution in [-0.4, -0.2) is 0 Å². The van der Waals surface area contributed by atoms with Crippen molar-refractivity contribution in [3.63, 3.8) is 0 Å². The van der Waals surface area contributed by atoms with Gasteiger partial charge >= 0.3 is 0 Å². The second-order valence-electron chi connectivity index (χ2n) is 8.86. The first-order chi connectivity index (χ1) is 11.8. The van der Waals surface area contributed by atoms with E-state index in [0.29, 0.717) is 0 Å². The fourth-order valence-electron chi connectivity index (χ4n) is 5.30. The Kier molecular flexibility index (Phi) is 10.2. The topological polar surface area (TPSA) is 0 Å². The summed E-state index contributed by atoms with van der Waals surface area (Å²) in [6.45, 7) is 4.60. The van der Waals surface area contributed by atoms with Gasteiger partial charge < -0.3 is 0 Å². The molecule has 2 fully saturated rings. The molecule has 0 aromatic heterocycles. The zero-order valence-electron chi connectivity index (χ0n) is 16.8. The summed E-state index contributed by atoms with van der Waals surface area (Å²) in [6, 6.07) is 0. The smallest absolute Gasteiger partial charge is 0.0205 e. The summed E-state index contributed by atoms with van der Waals surface area (Å²) in [5.74, 6) is 4.07.